The lowest BCUT2D eigenvalue weighted by Gasteiger charge is -2.34. The molecule has 1 unspecified atom stereocenters. The normalized spacial score (nSPS) is 18.6. The zero-order chi connectivity index (χ0) is 16.8. The van der Waals surface area contributed by atoms with Gasteiger partial charge in [-0.1, -0.05) is 12.1 Å². The van der Waals surface area contributed by atoms with Crippen LogP contribution in [0.15, 0.2) is 24.3 Å². The van der Waals surface area contributed by atoms with Gasteiger partial charge in [0, 0.05) is 38.3 Å². The fourth-order valence-electron chi connectivity index (χ4n) is 3.18. The van der Waals surface area contributed by atoms with Crippen LogP contribution < -0.4 is 0 Å². The molecule has 0 aliphatic carbocycles. The number of carbonyl (C=O) groups excluding carboxylic acids is 1. The van der Waals surface area contributed by atoms with Crippen molar-refractivity contribution in [2.45, 2.75) is 33.2 Å². The van der Waals surface area contributed by atoms with Crippen molar-refractivity contribution < 1.29 is 9.72 Å². The first kappa shape index (κ1) is 17.4. The molecule has 1 aliphatic heterocycles. The summed E-state index contributed by atoms with van der Waals surface area (Å²) in [5.41, 5.74) is 1.16. The van der Waals surface area contributed by atoms with Crippen LogP contribution in [0.3, 0.4) is 0 Å². The third-order valence-electron chi connectivity index (χ3n) is 4.48. The second-order valence-electron chi connectivity index (χ2n) is 6.01. The second-order valence-corrected chi connectivity index (χ2v) is 6.01. The molecule has 0 saturated carbocycles. The highest BCUT2D eigenvalue weighted by molar-refractivity contribution is 5.79. The number of benzene rings is 1. The molecule has 1 amide bonds. The molecule has 0 spiro atoms. The van der Waals surface area contributed by atoms with Crippen LogP contribution in [-0.2, 0) is 11.3 Å². The van der Waals surface area contributed by atoms with E-state index in [4.69, 9.17) is 0 Å². The quantitative estimate of drug-likeness (QED) is 0.597. The highest BCUT2D eigenvalue weighted by Gasteiger charge is 2.28. The summed E-state index contributed by atoms with van der Waals surface area (Å²) in [6.07, 6.45) is 1.97. The number of nitrogens with zero attached hydrogens (tertiary/aromatic N) is 3. The Morgan fingerprint density at radius 3 is 2.52 bits per heavy atom. The smallest absolute Gasteiger partial charge is 0.269 e. The Morgan fingerprint density at radius 2 is 1.96 bits per heavy atom. The van der Waals surface area contributed by atoms with E-state index in [-0.39, 0.29) is 22.4 Å². The number of nitro groups is 1. The van der Waals surface area contributed by atoms with Crippen molar-refractivity contribution in [3.8, 4) is 0 Å². The molecule has 126 valence electrons. The number of likely N-dealkylation sites (tertiary alicyclic amines) is 1. The lowest BCUT2D eigenvalue weighted by atomic mass is 9.96. The van der Waals surface area contributed by atoms with E-state index in [2.05, 4.69) is 4.90 Å². The van der Waals surface area contributed by atoms with Crippen molar-refractivity contribution in [3.63, 3.8) is 0 Å². The molecule has 23 heavy (non-hydrogen) atoms. The van der Waals surface area contributed by atoms with Gasteiger partial charge in [0.15, 0.2) is 0 Å². The van der Waals surface area contributed by atoms with Gasteiger partial charge in [0.2, 0.25) is 5.91 Å². The molecule has 1 aromatic carbocycles. The average Bonchev–Trinajstić information content (AvgIpc) is 2.56. The van der Waals surface area contributed by atoms with Gasteiger partial charge in [0.1, 0.15) is 0 Å². The van der Waals surface area contributed by atoms with Gasteiger partial charge < -0.3 is 4.90 Å². The molecular weight excluding hydrogens is 294 g/mol. The lowest BCUT2D eigenvalue weighted by Crippen LogP contribution is -2.44. The molecular formula is C17H25N3O3. The van der Waals surface area contributed by atoms with E-state index < -0.39 is 0 Å². The van der Waals surface area contributed by atoms with Gasteiger partial charge in [0.25, 0.3) is 5.69 Å². The highest BCUT2D eigenvalue weighted by atomic mass is 16.6. The standard InChI is InChI=1S/C17H25N3O3/c1-3-19(4-2)17(21)15-6-5-11-18(13-15)12-14-7-9-16(10-8-14)20(22)23/h7-10,15H,3-6,11-13H2,1-2H3. The molecule has 0 N–H and O–H groups in total. The van der Waals surface area contributed by atoms with Gasteiger partial charge in [0.05, 0.1) is 10.8 Å². The lowest BCUT2D eigenvalue weighted by molar-refractivity contribution is -0.384. The molecule has 1 saturated heterocycles. The summed E-state index contributed by atoms with van der Waals surface area (Å²) in [5.74, 6) is 0.324. The van der Waals surface area contributed by atoms with E-state index in [1.165, 1.54) is 12.1 Å². The Bertz CT molecular complexity index is 541. The summed E-state index contributed by atoms with van der Waals surface area (Å²) in [6.45, 7) is 8.02. The summed E-state index contributed by atoms with van der Waals surface area (Å²) in [6, 6.07) is 6.68. The number of non-ortho nitro benzene ring substituents is 1. The molecule has 0 radical (unpaired) electrons. The number of carbonyl (C=O) groups is 1. The number of amides is 1. The Morgan fingerprint density at radius 1 is 1.30 bits per heavy atom. The zero-order valence-electron chi connectivity index (χ0n) is 13.9. The van der Waals surface area contributed by atoms with E-state index in [9.17, 15) is 14.9 Å². The van der Waals surface area contributed by atoms with Crippen molar-refractivity contribution in [3.05, 3.63) is 39.9 Å². The van der Waals surface area contributed by atoms with Crippen molar-refractivity contribution in [2.75, 3.05) is 26.2 Å². The molecule has 6 nitrogen and oxygen atoms in total. The first-order valence-corrected chi connectivity index (χ1v) is 8.29. The van der Waals surface area contributed by atoms with Gasteiger partial charge in [-0.05, 0) is 38.8 Å². The maximum Gasteiger partial charge on any atom is 0.269 e. The van der Waals surface area contributed by atoms with Crippen molar-refractivity contribution >= 4 is 11.6 Å². The van der Waals surface area contributed by atoms with Crippen LogP contribution in [0.25, 0.3) is 0 Å². The van der Waals surface area contributed by atoms with Gasteiger partial charge in [-0.2, -0.15) is 0 Å². The molecule has 0 aromatic heterocycles. The third kappa shape index (κ3) is 4.51. The summed E-state index contributed by atoms with van der Waals surface area (Å²) in [4.78, 5) is 27.0. The topological polar surface area (TPSA) is 66.7 Å². The minimum atomic E-state index is -0.385. The van der Waals surface area contributed by atoms with Gasteiger partial charge >= 0.3 is 0 Å². The van der Waals surface area contributed by atoms with Crippen LogP contribution in [0.2, 0.25) is 0 Å². The number of piperidine rings is 1. The Hall–Kier alpha value is -1.95. The van der Waals surface area contributed by atoms with E-state index in [0.29, 0.717) is 0 Å². The van der Waals surface area contributed by atoms with Crippen LogP contribution in [0.1, 0.15) is 32.3 Å². The van der Waals surface area contributed by atoms with E-state index in [0.717, 1.165) is 51.1 Å². The van der Waals surface area contributed by atoms with Gasteiger partial charge in [-0.3, -0.25) is 19.8 Å². The Kier molecular flexibility index (Phi) is 6.10. The Balaban J connectivity index is 1.95. The number of rotatable bonds is 6. The molecule has 1 fully saturated rings. The molecule has 2 rings (SSSR count). The highest BCUT2D eigenvalue weighted by Crippen LogP contribution is 2.21. The summed E-state index contributed by atoms with van der Waals surface area (Å²) in [7, 11) is 0. The maximum atomic E-state index is 12.5. The minimum Gasteiger partial charge on any atom is -0.343 e. The molecule has 1 heterocycles. The largest absolute Gasteiger partial charge is 0.343 e. The van der Waals surface area contributed by atoms with E-state index >= 15 is 0 Å². The molecule has 1 atom stereocenters. The first-order chi connectivity index (χ1) is 11.0. The number of hydrogen-bond acceptors (Lipinski definition) is 4. The summed E-state index contributed by atoms with van der Waals surface area (Å²) < 4.78 is 0. The fourth-order valence-corrected chi connectivity index (χ4v) is 3.18. The molecule has 0 bridgehead atoms. The van der Waals surface area contributed by atoms with E-state index in [1.807, 2.05) is 18.7 Å². The predicted molar refractivity (Wildman–Crippen MR) is 89.0 cm³/mol. The van der Waals surface area contributed by atoms with Gasteiger partial charge in [-0.25, -0.2) is 0 Å². The van der Waals surface area contributed by atoms with E-state index in [1.54, 1.807) is 12.1 Å². The second kappa shape index (κ2) is 8.06. The summed E-state index contributed by atoms with van der Waals surface area (Å²) in [5, 5.41) is 10.7. The third-order valence-corrected chi connectivity index (χ3v) is 4.48. The zero-order valence-corrected chi connectivity index (χ0v) is 13.9. The fraction of sp³-hybridized carbons (Fsp3) is 0.588. The van der Waals surface area contributed by atoms with Crippen LogP contribution in [-0.4, -0.2) is 46.8 Å². The number of hydrogen-bond donors (Lipinski definition) is 0. The molecule has 1 aliphatic rings. The molecule has 6 heteroatoms. The van der Waals surface area contributed by atoms with Crippen molar-refractivity contribution in [1.82, 2.24) is 9.80 Å². The minimum absolute atomic E-state index is 0.0710. The predicted octanol–water partition coefficient (Wildman–Crippen LogP) is 2.68. The number of nitro benzene ring substituents is 1. The van der Waals surface area contributed by atoms with Crippen LogP contribution in [0, 0.1) is 16.0 Å². The summed E-state index contributed by atoms with van der Waals surface area (Å²) >= 11 is 0. The average molecular weight is 319 g/mol. The van der Waals surface area contributed by atoms with Crippen LogP contribution in [0.4, 0.5) is 5.69 Å². The molecule has 1 aromatic rings. The van der Waals surface area contributed by atoms with Crippen LogP contribution in [0.5, 0.6) is 0 Å². The first-order valence-electron chi connectivity index (χ1n) is 8.29. The van der Waals surface area contributed by atoms with Gasteiger partial charge in [-0.15, -0.1) is 0 Å². The maximum absolute atomic E-state index is 12.5. The Labute approximate surface area is 137 Å². The van der Waals surface area contributed by atoms with Crippen molar-refractivity contribution in [1.29, 1.82) is 0 Å². The monoisotopic (exact) mass is 319 g/mol. The van der Waals surface area contributed by atoms with Crippen molar-refractivity contribution in [2.24, 2.45) is 5.92 Å². The van der Waals surface area contributed by atoms with Crippen LogP contribution >= 0.6 is 0 Å². The SMILES string of the molecule is CCN(CC)C(=O)C1CCCN(Cc2ccc([N+](=O)[O-])cc2)C1.